The van der Waals surface area contributed by atoms with Gasteiger partial charge in [0.2, 0.25) is 11.8 Å². The highest BCUT2D eigenvalue weighted by molar-refractivity contribution is 5.77. The molecule has 5 aromatic rings. The van der Waals surface area contributed by atoms with Gasteiger partial charge in [0.15, 0.2) is 11.6 Å². The quantitative estimate of drug-likeness (QED) is 0.142. The first-order valence-electron chi connectivity index (χ1n) is 25.6. The second-order valence-corrected chi connectivity index (χ2v) is 21.1. The standard InChI is InChI=1S/C54H68N12O2/c1-37-28-45(12-9-42(37)31-55)64-27-20-54(36-64)18-25-62(26-19-54)51-13-14-52(58-57-51)68-46-15-22-61(23-16-46)33-40-7-10-44(11-8-40)66-49-17-24-63(39(3)67)35-48(49)53(59-66)65-21-5-6-41-30-47(38(2)29-50(41)65)43-32-56-60(4)34-43/h9,12-14,28-30,32,34,40,44,46H,5-8,10-11,15-27,33,35-36H2,1-4H3. The summed E-state index contributed by atoms with van der Waals surface area (Å²) in [6.07, 6.45) is 17.4. The molecule has 11 rings (SSSR count). The number of benzene rings is 2. The van der Waals surface area contributed by atoms with E-state index >= 15 is 0 Å². The summed E-state index contributed by atoms with van der Waals surface area (Å²) in [4.78, 5) is 24.8. The van der Waals surface area contributed by atoms with Crippen molar-refractivity contribution in [1.29, 1.82) is 5.26 Å². The molecule has 0 atom stereocenters. The van der Waals surface area contributed by atoms with Gasteiger partial charge in [-0.15, -0.1) is 10.2 Å². The van der Waals surface area contributed by atoms with Crippen LogP contribution in [0.5, 0.6) is 5.88 Å². The summed E-state index contributed by atoms with van der Waals surface area (Å²) in [5, 5.41) is 28.6. The van der Waals surface area contributed by atoms with Crippen LogP contribution in [0, 0.1) is 36.5 Å². The first-order chi connectivity index (χ1) is 33.1. The van der Waals surface area contributed by atoms with Gasteiger partial charge in [0.1, 0.15) is 6.10 Å². The normalized spacial score (nSPS) is 22.0. The lowest BCUT2D eigenvalue weighted by Gasteiger charge is -2.39. The number of ether oxygens (including phenoxy) is 1. The van der Waals surface area contributed by atoms with Crippen molar-refractivity contribution in [3.63, 3.8) is 0 Å². The Bertz CT molecular complexity index is 2680. The number of fused-ring (bicyclic) bond motifs is 2. The minimum atomic E-state index is 0.139. The molecule has 8 heterocycles. The average molecular weight is 917 g/mol. The number of nitriles is 1. The van der Waals surface area contributed by atoms with Crippen molar-refractivity contribution in [2.75, 3.05) is 73.6 Å². The number of rotatable bonds is 9. The van der Waals surface area contributed by atoms with Crippen LogP contribution in [0.25, 0.3) is 11.1 Å². The van der Waals surface area contributed by atoms with Crippen LogP contribution in [-0.4, -0.2) is 110 Å². The van der Waals surface area contributed by atoms with Crippen molar-refractivity contribution < 1.29 is 9.53 Å². The zero-order chi connectivity index (χ0) is 46.5. The lowest BCUT2D eigenvalue weighted by molar-refractivity contribution is -0.129. The van der Waals surface area contributed by atoms with Crippen LogP contribution in [-0.2, 0) is 31.2 Å². The summed E-state index contributed by atoms with van der Waals surface area (Å²) in [7, 11) is 1.97. The Labute approximate surface area is 401 Å². The van der Waals surface area contributed by atoms with Crippen LogP contribution in [0.15, 0.2) is 54.9 Å². The molecule has 14 nitrogen and oxygen atoms in total. The van der Waals surface area contributed by atoms with Gasteiger partial charge in [0.25, 0.3) is 0 Å². The minimum Gasteiger partial charge on any atom is -0.473 e. The highest BCUT2D eigenvalue weighted by Gasteiger charge is 2.41. The van der Waals surface area contributed by atoms with Crippen molar-refractivity contribution >= 4 is 28.9 Å². The van der Waals surface area contributed by atoms with E-state index < -0.39 is 0 Å². The summed E-state index contributed by atoms with van der Waals surface area (Å²) in [6.45, 7) is 15.7. The summed E-state index contributed by atoms with van der Waals surface area (Å²) in [5.41, 5.74) is 12.2. The van der Waals surface area contributed by atoms with Crippen molar-refractivity contribution in [3.8, 4) is 23.1 Å². The third kappa shape index (κ3) is 8.83. The summed E-state index contributed by atoms with van der Waals surface area (Å²) < 4.78 is 10.7. The molecule has 2 aromatic carbocycles. The topological polar surface area (TPSA) is 128 Å². The smallest absolute Gasteiger partial charge is 0.233 e. The molecule has 1 saturated carbocycles. The fraction of sp³-hybridized carbons (Fsp3) is 0.556. The number of carbonyl (C=O) groups is 1. The van der Waals surface area contributed by atoms with Gasteiger partial charge in [0.05, 0.1) is 30.4 Å². The second kappa shape index (κ2) is 18.5. The Morgan fingerprint density at radius 1 is 0.868 bits per heavy atom. The number of piperidine rings is 2. The van der Waals surface area contributed by atoms with Crippen molar-refractivity contribution in [2.45, 2.75) is 117 Å². The van der Waals surface area contributed by atoms with E-state index in [0.717, 1.165) is 145 Å². The number of amides is 1. The molecule has 0 unspecified atom stereocenters. The van der Waals surface area contributed by atoms with E-state index in [-0.39, 0.29) is 12.0 Å². The van der Waals surface area contributed by atoms with E-state index in [1.165, 1.54) is 58.6 Å². The van der Waals surface area contributed by atoms with Gasteiger partial charge in [-0.2, -0.15) is 15.5 Å². The van der Waals surface area contributed by atoms with Gasteiger partial charge in [-0.25, -0.2) is 0 Å². The molecule has 68 heavy (non-hydrogen) atoms. The van der Waals surface area contributed by atoms with Crippen LogP contribution >= 0.6 is 0 Å². The van der Waals surface area contributed by atoms with E-state index in [1.807, 2.05) is 41.9 Å². The summed E-state index contributed by atoms with van der Waals surface area (Å²) in [6, 6.07) is 17.8. The second-order valence-electron chi connectivity index (χ2n) is 21.1. The highest BCUT2D eigenvalue weighted by atomic mass is 16.5. The SMILES string of the molecule is CC(=O)N1CCc2c(c(N3CCCc4cc(-c5cnn(C)c5)c(C)cc43)nn2C2CCC(CN3CCC(Oc4ccc(N5CCC6(CCN(c7ccc(C#N)c(C)c7)C6)CC5)nn4)CC3)CC2)C1. The first-order valence-corrected chi connectivity index (χ1v) is 25.6. The third-order valence-electron chi connectivity index (χ3n) is 16.7. The Morgan fingerprint density at radius 3 is 2.37 bits per heavy atom. The molecule has 1 spiro atoms. The zero-order valence-electron chi connectivity index (χ0n) is 40.7. The van der Waals surface area contributed by atoms with Crippen molar-refractivity contribution in [1.82, 2.24) is 39.6 Å². The monoisotopic (exact) mass is 917 g/mol. The molecule has 0 radical (unpaired) electrons. The molecule has 6 aliphatic rings. The molecule has 356 valence electrons. The maximum absolute atomic E-state index is 12.7. The van der Waals surface area contributed by atoms with Gasteiger partial charge in [-0.05, 0) is 154 Å². The van der Waals surface area contributed by atoms with Gasteiger partial charge < -0.3 is 29.2 Å². The molecule has 0 N–H and O–H groups in total. The number of anilines is 4. The Balaban J connectivity index is 0.664. The minimum absolute atomic E-state index is 0.139. The maximum Gasteiger partial charge on any atom is 0.233 e. The Hall–Kier alpha value is -5.94. The molecule has 1 amide bonds. The maximum atomic E-state index is 12.7. The lowest BCUT2D eigenvalue weighted by atomic mass is 9.78. The number of hydrogen-bond acceptors (Lipinski definition) is 11. The zero-order valence-corrected chi connectivity index (χ0v) is 40.7. The third-order valence-corrected chi connectivity index (χ3v) is 16.7. The fourth-order valence-electron chi connectivity index (χ4n) is 12.7. The molecule has 5 aliphatic heterocycles. The largest absolute Gasteiger partial charge is 0.473 e. The van der Waals surface area contributed by atoms with Crippen molar-refractivity contribution in [3.05, 3.63) is 88.4 Å². The van der Waals surface area contributed by atoms with Crippen LogP contribution in [0.4, 0.5) is 23.0 Å². The molecule has 1 aliphatic carbocycles. The molecule has 14 heteroatoms. The first kappa shape index (κ1) is 44.6. The van der Waals surface area contributed by atoms with E-state index in [2.05, 4.69) is 89.1 Å². The average Bonchev–Trinajstić information content (AvgIpc) is 4.09. The van der Waals surface area contributed by atoms with E-state index in [0.29, 0.717) is 29.8 Å². The molecular weight excluding hydrogens is 849 g/mol. The van der Waals surface area contributed by atoms with Crippen LogP contribution in [0.3, 0.4) is 0 Å². The predicted molar refractivity (Wildman–Crippen MR) is 265 cm³/mol. The van der Waals surface area contributed by atoms with Gasteiger partial charge in [-0.3, -0.25) is 14.2 Å². The molecule has 3 saturated heterocycles. The summed E-state index contributed by atoms with van der Waals surface area (Å²) >= 11 is 0. The van der Waals surface area contributed by atoms with Gasteiger partial charge in [0, 0.05) is 120 Å². The number of carbonyl (C=O) groups excluding carboxylic acids is 1. The number of aryl methyl sites for hydroxylation is 4. The fourth-order valence-corrected chi connectivity index (χ4v) is 12.7. The molecular formula is C54H68N12O2. The van der Waals surface area contributed by atoms with E-state index in [4.69, 9.17) is 9.84 Å². The van der Waals surface area contributed by atoms with E-state index in [1.54, 1.807) is 6.92 Å². The Morgan fingerprint density at radius 2 is 1.66 bits per heavy atom. The Kier molecular flexibility index (Phi) is 12.1. The van der Waals surface area contributed by atoms with Crippen LogP contribution in [0.2, 0.25) is 0 Å². The number of hydrogen-bond donors (Lipinski definition) is 0. The van der Waals surface area contributed by atoms with Gasteiger partial charge >= 0.3 is 0 Å². The molecule has 3 aromatic heterocycles. The number of aromatic nitrogens is 6. The van der Waals surface area contributed by atoms with Crippen LogP contribution in [0.1, 0.15) is 111 Å². The predicted octanol–water partition coefficient (Wildman–Crippen LogP) is 8.32. The highest BCUT2D eigenvalue weighted by Crippen LogP contribution is 2.45. The number of likely N-dealkylation sites (tertiary alicyclic amines) is 1. The van der Waals surface area contributed by atoms with Crippen molar-refractivity contribution in [2.24, 2.45) is 18.4 Å². The summed E-state index contributed by atoms with van der Waals surface area (Å²) in [5.74, 6) is 3.46. The van der Waals surface area contributed by atoms with Crippen LogP contribution < -0.4 is 19.4 Å². The van der Waals surface area contributed by atoms with E-state index in [9.17, 15) is 10.1 Å². The molecule has 0 bridgehead atoms. The molecule has 4 fully saturated rings. The lowest BCUT2D eigenvalue weighted by Crippen LogP contribution is -2.42. The van der Waals surface area contributed by atoms with Gasteiger partial charge in [-0.1, -0.05) is 0 Å². The number of nitrogens with zero attached hydrogens (tertiary/aromatic N) is 12.